The summed E-state index contributed by atoms with van der Waals surface area (Å²) in [6.45, 7) is 1.77. The molecule has 2 aliphatic rings. The highest BCUT2D eigenvalue weighted by molar-refractivity contribution is 6.15. The van der Waals surface area contributed by atoms with Crippen molar-refractivity contribution in [2.24, 2.45) is 0 Å². The molecule has 0 aromatic heterocycles. The highest BCUT2D eigenvalue weighted by atomic mass is 16.5. The van der Waals surface area contributed by atoms with Crippen LogP contribution in [0.2, 0.25) is 0 Å². The molecule has 34 heavy (non-hydrogen) atoms. The minimum Gasteiger partial charge on any atom is -0.497 e. The second-order valence-electron chi connectivity index (χ2n) is 8.08. The lowest BCUT2D eigenvalue weighted by molar-refractivity contribution is 0.0872. The van der Waals surface area contributed by atoms with Gasteiger partial charge >= 0.3 is 0 Å². The third kappa shape index (κ3) is 4.06. The number of carbonyl (C=O) groups is 1. The molecule has 3 aromatic carbocycles. The minimum absolute atomic E-state index is 0.153. The van der Waals surface area contributed by atoms with E-state index in [0.717, 1.165) is 28.2 Å². The lowest BCUT2D eigenvalue weighted by Crippen LogP contribution is -2.31. The van der Waals surface area contributed by atoms with Gasteiger partial charge in [-0.1, -0.05) is 18.2 Å². The smallest absolute Gasteiger partial charge is 0.231 e. The summed E-state index contributed by atoms with van der Waals surface area (Å²) in [7, 11) is 4.81. The third-order valence-corrected chi connectivity index (χ3v) is 5.95. The maximum absolute atomic E-state index is 13.1. The molecule has 0 spiro atoms. The molecular formula is C27H25NO6. The quantitative estimate of drug-likeness (QED) is 0.496. The fourth-order valence-corrected chi connectivity index (χ4v) is 4.19. The number of ketones is 1. The molecule has 5 rings (SSSR count). The maximum atomic E-state index is 13.1. The molecule has 0 saturated carbocycles. The highest BCUT2D eigenvalue weighted by Crippen LogP contribution is 2.42. The van der Waals surface area contributed by atoms with Crippen LogP contribution in [-0.2, 0) is 13.1 Å². The number of Topliss-reactive ketones (excluding diaryl/α,β-unsaturated/α-hetero) is 1. The van der Waals surface area contributed by atoms with Crippen molar-refractivity contribution >= 4 is 11.9 Å². The van der Waals surface area contributed by atoms with Gasteiger partial charge in [0, 0.05) is 13.1 Å². The van der Waals surface area contributed by atoms with E-state index in [1.807, 2.05) is 36.4 Å². The fraction of sp³-hybridized carbons (Fsp3) is 0.222. The number of carbonyl (C=O) groups excluding carboxylic acids is 1. The van der Waals surface area contributed by atoms with E-state index in [-0.39, 0.29) is 11.5 Å². The first-order valence-electron chi connectivity index (χ1n) is 10.9. The number of benzene rings is 3. The van der Waals surface area contributed by atoms with Gasteiger partial charge in [-0.05, 0) is 53.6 Å². The summed E-state index contributed by atoms with van der Waals surface area (Å²) in [5, 5.41) is 0. The zero-order valence-corrected chi connectivity index (χ0v) is 19.3. The first-order valence-corrected chi connectivity index (χ1v) is 10.9. The summed E-state index contributed by atoms with van der Waals surface area (Å²) in [6.07, 6.45) is 1.72. The topological polar surface area (TPSA) is 66.5 Å². The number of nitrogens with zero attached hydrogens (tertiary/aromatic N) is 1. The molecule has 0 atom stereocenters. The Bertz CT molecular complexity index is 1260. The lowest BCUT2D eigenvalue weighted by Gasteiger charge is -2.29. The van der Waals surface area contributed by atoms with Crippen LogP contribution in [0.1, 0.15) is 27.0 Å². The van der Waals surface area contributed by atoms with E-state index in [2.05, 4.69) is 4.90 Å². The van der Waals surface area contributed by atoms with E-state index in [4.69, 9.17) is 23.7 Å². The molecule has 0 bridgehead atoms. The van der Waals surface area contributed by atoms with Crippen LogP contribution in [0.25, 0.3) is 6.08 Å². The zero-order valence-electron chi connectivity index (χ0n) is 19.3. The summed E-state index contributed by atoms with van der Waals surface area (Å²) in [6, 6.07) is 17.0. The average Bonchev–Trinajstić information content (AvgIpc) is 3.19. The van der Waals surface area contributed by atoms with Crippen LogP contribution in [0.5, 0.6) is 28.7 Å². The van der Waals surface area contributed by atoms with Crippen LogP contribution in [0.4, 0.5) is 0 Å². The van der Waals surface area contributed by atoms with E-state index in [1.54, 1.807) is 45.6 Å². The average molecular weight is 459 g/mol. The van der Waals surface area contributed by atoms with Gasteiger partial charge in [0.1, 0.15) is 24.0 Å². The number of allylic oxidation sites excluding steroid dienone is 1. The number of hydrogen-bond acceptors (Lipinski definition) is 7. The largest absolute Gasteiger partial charge is 0.497 e. The standard InChI is InChI=1S/C27H25NO6/c1-30-19-7-4-17(5-8-19)14-28-15-21-22(33-16-28)11-9-20-26(29)25(34-27(20)21)13-18-6-10-23(31-2)24(12-18)32-3/h4-13H,14-16H2,1-3H3/b25-13-. The number of ether oxygens (including phenoxy) is 5. The minimum atomic E-state index is -0.153. The summed E-state index contributed by atoms with van der Waals surface area (Å²) in [5.74, 6) is 3.44. The summed E-state index contributed by atoms with van der Waals surface area (Å²) in [4.78, 5) is 15.2. The predicted molar refractivity (Wildman–Crippen MR) is 127 cm³/mol. The van der Waals surface area contributed by atoms with Crippen LogP contribution in [0.3, 0.4) is 0 Å². The SMILES string of the molecule is COc1ccc(CN2COc3ccc4c(c3C2)O/C(=C\c2ccc(OC)c(OC)c2)C4=O)cc1. The maximum Gasteiger partial charge on any atom is 0.231 e. The van der Waals surface area contributed by atoms with E-state index >= 15 is 0 Å². The van der Waals surface area contributed by atoms with Crippen molar-refractivity contribution < 1.29 is 28.5 Å². The van der Waals surface area contributed by atoms with Crippen LogP contribution in [0, 0.1) is 0 Å². The second kappa shape index (κ2) is 9.11. The van der Waals surface area contributed by atoms with Crippen LogP contribution < -0.4 is 23.7 Å². The van der Waals surface area contributed by atoms with Gasteiger partial charge in [0.15, 0.2) is 17.3 Å². The second-order valence-corrected chi connectivity index (χ2v) is 8.08. The van der Waals surface area contributed by atoms with Crippen molar-refractivity contribution in [1.82, 2.24) is 4.90 Å². The molecule has 7 heteroatoms. The van der Waals surface area contributed by atoms with Gasteiger partial charge in [0.2, 0.25) is 5.78 Å². The Kier molecular flexibility index (Phi) is 5.86. The molecule has 2 heterocycles. The zero-order chi connectivity index (χ0) is 23.7. The molecular weight excluding hydrogens is 434 g/mol. The van der Waals surface area contributed by atoms with Crippen molar-refractivity contribution in [2.45, 2.75) is 13.1 Å². The number of methoxy groups -OCH3 is 3. The Labute approximate surface area is 198 Å². The molecule has 174 valence electrons. The van der Waals surface area contributed by atoms with Crippen molar-refractivity contribution in [3.05, 3.63) is 82.6 Å². The summed E-state index contributed by atoms with van der Waals surface area (Å²) >= 11 is 0. The van der Waals surface area contributed by atoms with Crippen molar-refractivity contribution in [3.63, 3.8) is 0 Å². The molecule has 3 aromatic rings. The van der Waals surface area contributed by atoms with Crippen LogP contribution in [-0.4, -0.2) is 38.7 Å². The predicted octanol–water partition coefficient (Wildman–Crippen LogP) is 4.68. The molecule has 0 amide bonds. The van der Waals surface area contributed by atoms with Crippen molar-refractivity contribution in [2.75, 3.05) is 28.1 Å². The van der Waals surface area contributed by atoms with Gasteiger partial charge in [0.25, 0.3) is 0 Å². The first kappa shape index (κ1) is 21.9. The third-order valence-electron chi connectivity index (χ3n) is 5.95. The summed E-state index contributed by atoms with van der Waals surface area (Å²) in [5.41, 5.74) is 3.34. The van der Waals surface area contributed by atoms with Gasteiger partial charge < -0.3 is 23.7 Å². The Hall–Kier alpha value is -3.97. The lowest BCUT2D eigenvalue weighted by atomic mass is 10.0. The first-order chi connectivity index (χ1) is 16.6. The summed E-state index contributed by atoms with van der Waals surface area (Å²) < 4.78 is 28.0. The molecule has 0 aliphatic carbocycles. The Balaban J connectivity index is 1.39. The number of rotatable bonds is 6. The van der Waals surface area contributed by atoms with Crippen molar-refractivity contribution in [3.8, 4) is 28.7 Å². The fourth-order valence-electron chi connectivity index (χ4n) is 4.19. The Morgan fingerprint density at radius 2 is 1.74 bits per heavy atom. The number of hydrogen-bond donors (Lipinski definition) is 0. The monoisotopic (exact) mass is 459 g/mol. The Morgan fingerprint density at radius 3 is 2.47 bits per heavy atom. The van der Waals surface area contributed by atoms with Gasteiger partial charge in [0.05, 0.1) is 32.5 Å². The van der Waals surface area contributed by atoms with E-state index in [9.17, 15) is 4.79 Å². The Morgan fingerprint density at radius 1 is 0.941 bits per heavy atom. The van der Waals surface area contributed by atoms with E-state index < -0.39 is 0 Å². The highest BCUT2D eigenvalue weighted by Gasteiger charge is 2.33. The molecule has 2 aliphatic heterocycles. The molecule has 0 saturated heterocycles. The van der Waals surface area contributed by atoms with Gasteiger partial charge in [-0.2, -0.15) is 0 Å². The molecule has 0 radical (unpaired) electrons. The molecule has 0 fully saturated rings. The van der Waals surface area contributed by atoms with Crippen molar-refractivity contribution in [1.29, 1.82) is 0 Å². The molecule has 0 unspecified atom stereocenters. The van der Waals surface area contributed by atoms with E-state index in [0.29, 0.717) is 42.6 Å². The molecule has 0 N–H and O–H groups in total. The number of fused-ring (bicyclic) bond motifs is 3. The normalized spacial score (nSPS) is 15.9. The molecule has 7 nitrogen and oxygen atoms in total. The van der Waals surface area contributed by atoms with Gasteiger partial charge in [-0.25, -0.2) is 0 Å². The van der Waals surface area contributed by atoms with E-state index in [1.165, 1.54) is 0 Å². The van der Waals surface area contributed by atoms with Gasteiger partial charge in [-0.15, -0.1) is 0 Å². The van der Waals surface area contributed by atoms with Crippen LogP contribution in [0.15, 0.2) is 60.4 Å². The van der Waals surface area contributed by atoms with Gasteiger partial charge in [-0.3, -0.25) is 9.69 Å². The van der Waals surface area contributed by atoms with Crippen LogP contribution >= 0.6 is 0 Å².